The highest BCUT2D eigenvalue weighted by Crippen LogP contribution is 2.30. The van der Waals surface area contributed by atoms with E-state index >= 15 is 0 Å². The number of nitrogens with zero attached hydrogens (tertiary/aromatic N) is 1. The molecule has 3 nitrogen and oxygen atoms in total. The lowest BCUT2D eigenvalue weighted by Gasteiger charge is -2.38. The molecule has 3 heteroatoms. The van der Waals surface area contributed by atoms with E-state index in [1.54, 1.807) is 6.92 Å². The van der Waals surface area contributed by atoms with Gasteiger partial charge in [0, 0.05) is 20.0 Å². The Morgan fingerprint density at radius 3 is 2.44 bits per heavy atom. The average Bonchev–Trinajstić information content (AvgIpc) is 2.30. The van der Waals surface area contributed by atoms with Crippen LogP contribution in [0, 0.1) is 0 Å². The highest BCUT2D eigenvalue weighted by Gasteiger charge is 2.34. The van der Waals surface area contributed by atoms with E-state index in [0.29, 0.717) is 0 Å². The molecule has 85 valence electrons. The van der Waals surface area contributed by atoms with Crippen molar-refractivity contribution < 1.29 is 4.79 Å². The first-order valence-corrected chi connectivity index (χ1v) is 5.70. The number of carbonyl (C=O) groups excluding carboxylic acids is 1. The summed E-state index contributed by atoms with van der Waals surface area (Å²) in [5.41, 5.74) is 0.995. The Balaban J connectivity index is 2.29. The van der Waals surface area contributed by atoms with E-state index in [4.69, 9.17) is 0 Å². The van der Waals surface area contributed by atoms with Crippen LogP contribution in [0.25, 0.3) is 0 Å². The molecule has 1 saturated heterocycles. The Morgan fingerprint density at radius 1 is 1.25 bits per heavy atom. The van der Waals surface area contributed by atoms with Crippen LogP contribution in [-0.4, -0.2) is 19.0 Å². The lowest BCUT2D eigenvalue weighted by atomic mass is 9.81. The molecule has 1 aromatic rings. The summed E-state index contributed by atoms with van der Waals surface area (Å²) in [7, 11) is 0. The lowest BCUT2D eigenvalue weighted by molar-refractivity contribution is -0.121. The second kappa shape index (κ2) is 4.66. The van der Waals surface area contributed by atoms with Crippen LogP contribution in [0.5, 0.6) is 0 Å². The number of nitrogens with one attached hydrogen (secondary N) is 1. The van der Waals surface area contributed by atoms with Crippen LogP contribution < -0.4 is 10.6 Å². The maximum Gasteiger partial charge on any atom is 0.217 e. The van der Waals surface area contributed by atoms with E-state index in [-0.39, 0.29) is 11.4 Å². The predicted octanol–water partition coefficient (Wildman–Crippen LogP) is 1.42. The van der Waals surface area contributed by atoms with E-state index in [1.807, 2.05) is 18.2 Å². The number of piperidine rings is 1. The first kappa shape index (κ1) is 11.1. The molecule has 1 aliphatic rings. The number of amides is 1. The summed E-state index contributed by atoms with van der Waals surface area (Å²) in [4.78, 5) is 11.3. The molecule has 1 aliphatic heterocycles. The van der Waals surface area contributed by atoms with Crippen molar-refractivity contribution in [3.63, 3.8) is 0 Å². The van der Waals surface area contributed by atoms with Crippen molar-refractivity contribution in [3.05, 3.63) is 35.9 Å². The molecule has 0 spiro atoms. The summed E-state index contributed by atoms with van der Waals surface area (Å²) in [6, 6.07) is 10.2. The van der Waals surface area contributed by atoms with Crippen molar-refractivity contribution >= 4 is 5.91 Å². The molecular weight excluding hydrogens is 200 g/mol. The number of rotatable bonds is 2. The third-order valence-corrected chi connectivity index (χ3v) is 3.14. The zero-order chi connectivity index (χ0) is 11.4. The van der Waals surface area contributed by atoms with Crippen LogP contribution in [0.15, 0.2) is 30.3 Å². The van der Waals surface area contributed by atoms with Gasteiger partial charge in [-0.05, 0) is 18.4 Å². The van der Waals surface area contributed by atoms with Gasteiger partial charge in [-0.1, -0.05) is 30.3 Å². The summed E-state index contributed by atoms with van der Waals surface area (Å²) in [6.07, 6.45) is 1.80. The number of benzene rings is 1. The van der Waals surface area contributed by atoms with Gasteiger partial charge in [0.05, 0.1) is 5.54 Å². The topological polar surface area (TPSA) is 43.2 Å². The Labute approximate surface area is 96.2 Å². The van der Waals surface area contributed by atoms with Gasteiger partial charge in [-0.25, -0.2) is 5.32 Å². The smallest absolute Gasteiger partial charge is 0.217 e. The fraction of sp³-hybridized carbons (Fsp3) is 0.462. The van der Waals surface area contributed by atoms with Crippen LogP contribution in [0.3, 0.4) is 0 Å². The first-order chi connectivity index (χ1) is 7.73. The first-order valence-electron chi connectivity index (χ1n) is 5.70. The lowest BCUT2D eigenvalue weighted by Crippen LogP contribution is -2.50. The SMILES string of the molecule is CC(=O)NC1(c2ccccc2)CC[N]CC1. The second-order valence-electron chi connectivity index (χ2n) is 4.30. The van der Waals surface area contributed by atoms with Crippen LogP contribution >= 0.6 is 0 Å². The van der Waals surface area contributed by atoms with Crippen molar-refractivity contribution in [2.24, 2.45) is 0 Å². The van der Waals surface area contributed by atoms with Gasteiger partial charge in [0.25, 0.3) is 0 Å². The summed E-state index contributed by atoms with van der Waals surface area (Å²) >= 11 is 0. The van der Waals surface area contributed by atoms with Crippen molar-refractivity contribution in [3.8, 4) is 0 Å². The van der Waals surface area contributed by atoms with E-state index in [1.165, 1.54) is 5.56 Å². The second-order valence-corrected chi connectivity index (χ2v) is 4.30. The summed E-state index contributed by atoms with van der Waals surface area (Å²) < 4.78 is 0. The maximum absolute atomic E-state index is 11.3. The average molecular weight is 217 g/mol. The van der Waals surface area contributed by atoms with Gasteiger partial charge in [0.1, 0.15) is 0 Å². The van der Waals surface area contributed by atoms with Gasteiger partial charge in [0.2, 0.25) is 5.91 Å². The standard InChI is InChI=1S/C13H17N2O/c1-11(16)15-13(7-9-14-10-8-13)12-5-3-2-4-6-12/h2-6H,7-10H2,1H3,(H,15,16). The van der Waals surface area contributed by atoms with Crippen molar-refractivity contribution in [1.29, 1.82) is 0 Å². The van der Waals surface area contributed by atoms with E-state index < -0.39 is 0 Å². The highest BCUT2D eigenvalue weighted by atomic mass is 16.1. The Hall–Kier alpha value is -1.35. The van der Waals surface area contributed by atoms with Crippen LogP contribution in [0.4, 0.5) is 0 Å². The molecule has 1 N–H and O–H groups in total. The molecule has 2 rings (SSSR count). The third kappa shape index (κ3) is 2.25. The maximum atomic E-state index is 11.3. The van der Waals surface area contributed by atoms with Gasteiger partial charge >= 0.3 is 0 Å². The molecule has 1 amide bonds. The molecule has 16 heavy (non-hydrogen) atoms. The van der Waals surface area contributed by atoms with Gasteiger partial charge in [-0.3, -0.25) is 4.79 Å². The molecule has 1 radical (unpaired) electrons. The van der Waals surface area contributed by atoms with Gasteiger partial charge < -0.3 is 5.32 Å². The largest absolute Gasteiger partial charge is 0.347 e. The van der Waals surface area contributed by atoms with Gasteiger partial charge in [-0.15, -0.1) is 0 Å². The molecule has 0 saturated carbocycles. The van der Waals surface area contributed by atoms with E-state index in [0.717, 1.165) is 25.9 Å². The molecule has 0 aromatic heterocycles. The third-order valence-electron chi connectivity index (χ3n) is 3.14. The number of carbonyl (C=O) groups is 1. The minimum absolute atomic E-state index is 0.0331. The molecule has 0 atom stereocenters. The fourth-order valence-electron chi connectivity index (χ4n) is 2.36. The van der Waals surface area contributed by atoms with Crippen molar-refractivity contribution in [1.82, 2.24) is 10.6 Å². The number of hydrogen-bond acceptors (Lipinski definition) is 1. The molecule has 0 bridgehead atoms. The minimum Gasteiger partial charge on any atom is -0.347 e. The highest BCUT2D eigenvalue weighted by molar-refractivity contribution is 5.74. The van der Waals surface area contributed by atoms with Crippen LogP contribution in [0.1, 0.15) is 25.3 Å². The Kier molecular flexibility index (Phi) is 3.25. The molecule has 1 heterocycles. The molecule has 1 aromatic carbocycles. The fourth-order valence-corrected chi connectivity index (χ4v) is 2.36. The van der Waals surface area contributed by atoms with Crippen molar-refractivity contribution in [2.75, 3.05) is 13.1 Å². The monoisotopic (exact) mass is 217 g/mol. The molecular formula is C13H17N2O. The van der Waals surface area contributed by atoms with Crippen LogP contribution in [-0.2, 0) is 10.3 Å². The van der Waals surface area contributed by atoms with Gasteiger partial charge in [0.15, 0.2) is 0 Å². The molecule has 0 unspecified atom stereocenters. The van der Waals surface area contributed by atoms with E-state index in [9.17, 15) is 4.79 Å². The van der Waals surface area contributed by atoms with Gasteiger partial charge in [-0.2, -0.15) is 0 Å². The Bertz CT molecular complexity index is 355. The van der Waals surface area contributed by atoms with Crippen LogP contribution in [0.2, 0.25) is 0 Å². The summed E-state index contributed by atoms with van der Waals surface area (Å²) in [6.45, 7) is 3.24. The predicted molar refractivity (Wildman–Crippen MR) is 63.0 cm³/mol. The summed E-state index contributed by atoms with van der Waals surface area (Å²) in [5.74, 6) is 0.0331. The Morgan fingerprint density at radius 2 is 1.88 bits per heavy atom. The zero-order valence-electron chi connectivity index (χ0n) is 9.57. The van der Waals surface area contributed by atoms with Crippen molar-refractivity contribution in [2.45, 2.75) is 25.3 Å². The summed E-state index contributed by atoms with van der Waals surface area (Å²) in [5, 5.41) is 7.47. The molecule has 1 fully saturated rings. The van der Waals surface area contributed by atoms with E-state index in [2.05, 4.69) is 22.8 Å². The molecule has 0 aliphatic carbocycles. The normalized spacial score (nSPS) is 19.1. The zero-order valence-corrected chi connectivity index (χ0v) is 9.57. The minimum atomic E-state index is -0.200. The number of hydrogen-bond donors (Lipinski definition) is 1. The quantitative estimate of drug-likeness (QED) is 0.800.